The maximum atomic E-state index is 13.2. The minimum Gasteiger partial charge on any atom is -0.272 e. The summed E-state index contributed by atoms with van der Waals surface area (Å²) in [6.45, 7) is 4.30. The fourth-order valence-corrected chi connectivity index (χ4v) is 2.18. The van der Waals surface area contributed by atoms with Crippen molar-refractivity contribution in [3.05, 3.63) is 35.9 Å². The van der Waals surface area contributed by atoms with Crippen molar-refractivity contribution >= 4 is 5.65 Å². The molecule has 0 saturated carbocycles. The quantitative estimate of drug-likeness (QED) is 0.730. The van der Waals surface area contributed by atoms with Crippen LogP contribution in [0.4, 0.5) is 13.2 Å². The number of hydrogen-bond donors (Lipinski definition) is 0. The molecule has 8 heteroatoms. The van der Waals surface area contributed by atoms with E-state index in [2.05, 4.69) is 15.2 Å². The number of rotatable bonds is 2. The zero-order valence-corrected chi connectivity index (χ0v) is 11.4. The molecule has 0 aliphatic rings. The molecule has 3 heterocycles. The first-order valence-electron chi connectivity index (χ1n) is 6.36. The highest BCUT2D eigenvalue weighted by molar-refractivity contribution is 5.64. The highest BCUT2D eigenvalue weighted by Gasteiger charge is 2.35. The van der Waals surface area contributed by atoms with E-state index >= 15 is 0 Å². The second kappa shape index (κ2) is 4.57. The number of fused-ring (bicyclic) bond motifs is 1. The summed E-state index contributed by atoms with van der Waals surface area (Å²) in [7, 11) is 0. The van der Waals surface area contributed by atoms with Crippen LogP contribution in [0.2, 0.25) is 0 Å². The van der Waals surface area contributed by atoms with Gasteiger partial charge in [0.1, 0.15) is 0 Å². The van der Waals surface area contributed by atoms with Crippen LogP contribution in [0.25, 0.3) is 16.9 Å². The Morgan fingerprint density at radius 3 is 2.67 bits per heavy atom. The Hall–Kier alpha value is -2.38. The molecule has 5 nitrogen and oxygen atoms in total. The van der Waals surface area contributed by atoms with Crippen molar-refractivity contribution < 1.29 is 13.2 Å². The van der Waals surface area contributed by atoms with Gasteiger partial charge in [-0.1, -0.05) is 0 Å². The minimum absolute atomic E-state index is 0.156. The van der Waals surface area contributed by atoms with E-state index in [1.54, 1.807) is 17.8 Å². The molecule has 0 spiro atoms. The van der Waals surface area contributed by atoms with Gasteiger partial charge in [0.25, 0.3) is 0 Å². The third-order valence-electron chi connectivity index (χ3n) is 3.20. The fourth-order valence-electron chi connectivity index (χ4n) is 2.18. The molecule has 0 aliphatic carbocycles. The lowest BCUT2D eigenvalue weighted by Crippen LogP contribution is -2.13. The van der Waals surface area contributed by atoms with Gasteiger partial charge in [0.05, 0.1) is 17.6 Å². The summed E-state index contributed by atoms with van der Waals surface area (Å²) in [5, 5.41) is 7.92. The van der Waals surface area contributed by atoms with Crippen molar-refractivity contribution in [1.82, 2.24) is 24.4 Å². The van der Waals surface area contributed by atoms with E-state index in [1.165, 1.54) is 12.3 Å². The van der Waals surface area contributed by atoms with Crippen LogP contribution in [0.1, 0.15) is 18.3 Å². The van der Waals surface area contributed by atoms with E-state index in [0.29, 0.717) is 17.8 Å². The fraction of sp³-hybridized carbons (Fsp3) is 0.308. The normalized spacial score (nSPS) is 12.2. The number of hydrogen-bond acceptors (Lipinski definition) is 3. The molecule has 0 N–H and O–H groups in total. The van der Waals surface area contributed by atoms with Crippen LogP contribution >= 0.6 is 0 Å². The van der Waals surface area contributed by atoms with Crippen LogP contribution in [0, 0.1) is 6.92 Å². The van der Waals surface area contributed by atoms with Crippen LogP contribution in [0.5, 0.6) is 0 Å². The average molecular weight is 295 g/mol. The van der Waals surface area contributed by atoms with Crippen LogP contribution < -0.4 is 0 Å². The third-order valence-corrected chi connectivity index (χ3v) is 3.20. The lowest BCUT2D eigenvalue weighted by atomic mass is 10.1. The maximum absolute atomic E-state index is 13.2. The summed E-state index contributed by atoms with van der Waals surface area (Å²) in [5.74, 6) is 0. The summed E-state index contributed by atoms with van der Waals surface area (Å²) >= 11 is 0. The Morgan fingerprint density at radius 2 is 2.05 bits per heavy atom. The first kappa shape index (κ1) is 13.6. The van der Waals surface area contributed by atoms with Crippen molar-refractivity contribution in [1.29, 1.82) is 0 Å². The van der Waals surface area contributed by atoms with Crippen LogP contribution in [-0.2, 0) is 12.7 Å². The molecule has 0 radical (unpaired) electrons. The second-order valence-electron chi connectivity index (χ2n) is 4.61. The summed E-state index contributed by atoms with van der Waals surface area (Å²) in [5.41, 5.74) is 0.777. The van der Waals surface area contributed by atoms with Gasteiger partial charge < -0.3 is 0 Å². The Bertz CT molecular complexity index is 800. The highest BCUT2D eigenvalue weighted by atomic mass is 19.4. The Balaban J connectivity index is 2.26. The lowest BCUT2D eigenvalue weighted by molar-refractivity contribution is -0.142. The molecule has 0 bridgehead atoms. The Morgan fingerprint density at radius 1 is 1.29 bits per heavy atom. The smallest absolute Gasteiger partial charge is 0.272 e. The molecule has 3 aromatic rings. The molecule has 3 aromatic heterocycles. The van der Waals surface area contributed by atoms with E-state index < -0.39 is 11.9 Å². The SMILES string of the molecule is CCn1cc(-c2cc(C(F)(F)F)n3nccc3n2)c(C)n1. The monoisotopic (exact) mass is 295 g/mol. The molecule has 0 unspecified atom stereocenters. The van der Waals surface area contributed by atoms with Crippen molar-refractivity contribution in [3.63, 3.8) is 0 Å². The van der Waals surface area contributed by atoms with Crippen molar-refractivity contribution in [2.24, 2.45) is 0 Å². The van der Waals surface area contributed by atoms with Gasteiger partial charge in [-0.2, -0.15) is 23.4 Å². The standard InChI is InChI=1S/C13H12F3N5/c1-3-20-7-9(8(2)19-20)10-6-11(13(14,15)16)21-12(18-10)4-5-17-21/h4-7H,3H2,1-2H3. The zero-order chi connectivity index (χ0) is 15.2. The number of alkyl halides is 3. The summed E-state index contributed by atoms with van der Waals surface area (Å²) in [4.78, 5) is 4.24. The number of nitrogens with zero attached hydrogens (tertiary/aromatic N) is 5. The third kappa shape index (κ3) is 2.26. The molecule has 3 rings (SSSR count). The molecular formula is C13H12F3N5. The molecule has 0 fully saturated rings. The summed E-state index contributed by atoms with van der Waals surface area (Å²) in [6.07, 6.45) is -1.51. The van der Waals surface area contributed by atoms with Gasteiger partial charge in [-0.15, -0.1) is 0 Å². The summed E-state index contributed by atoms with van der Waals surface area (Å²) in [6, 6.07) is 2.45. The first-order chi connectivity index (χ1) is 9.90. The lowest BCUT2D eigenvalue weighted by Gasteiger charge is -2.10. The van der Waals surface area contributed by atoms with Gasteiger partial charge in [0, 0.05) is 24.4 Å². The predicted molar refractivity (Wildman–Crippen MR) is 69.6 cm³/mol. The Labute approximate surface area is 118 Å². The van der Waals surface area contributed by atoms with Crippen molar-refractivity contribution in [3.8, 4) is 11.3 Å². The van der Waals surface area contributed by atoms with E-state index in [-0.39, 0.29) is 11.3 Å². The molecule has 110 valence electrons. The van der Waals surface area contributed by atoms with Gasteiger partial charge in [-0.3, -0.25) is 4.68 Å². The number of aryl methyl sites for hydroxylation is 2. The van der Waals surface area contributed by atoms with Gasteiger partial charge in [0.2, 0.25) is 0 Å². The van der Waals surface area contributed by atoms with E-state index in [0.717, 1.165) is 10.6 Å². The predicted octanol–water partition coefficient (Wildman–Crippen LogP) is 2.94. The minimum atomic E-state index is -4.50. The van der Waals surface area contributed by atoms with E-state index in [4.69, 9.17) is 0 Å². The number of halogens is 3. The van der Waals surface area contributed by atoms with Crippen LogP contribution in [0.3, 0.4) is 0 Å². The molecule has 0 amide bonds. The van der Waals surface area contributed by atoms with E-state index in [1.807, 2.05) is 6.92 Å². The highest BCUT2D eigenvalue weighted by Crippen LogP contribution is 2.32. The number of aromatic nitrogens is 5. The summed E-state index contributed by atoms with van der Waals surface area (Å²) < 4.78 is 41.9. The van der Waals surface area contributed by atoms with Crippen LogP contribution in [-0.4, -0.2) is 24.4 Å². The van der Waals surface area contributed by atoms with E-state index in [9.17, 15) is 13.2 Å². The first-order valence-corrected chi connectivity index (χ1v) is 6.36. The maximum Gasteiger partial charge on any atom is 0.433 e. The zero-order valence-electron chi connectivity index (χ0n) is 11.4. The molecule has 0 saturated heterocycles. The largest absolute Gasteiger partial charge is 0.433 e. The van der Waals surface area contributed by atoms with Crippen molar-refractivity contribution in [2.45, 2.75) is 26.6 Å². The van der Waals surface area contributed by atoms with Gasteiger partial charge in [-0.25, -0.2) is 9.50 Å². The molecule has 21 heavy (non-hydrogen) atoms. The van der Waals surface area contributed by atoms with Gasteiger partial charge in [-0.05, 0) is 19.9 Å². The molecular weight excluding hydrogens is 283 g/mol. The molecule has 0 aromatic carbocycles. The second-order valence-corrected chi connectivity index (χ2v) is 4.61. The molecule has 0 atom stereocenters. The Kier molecular flexibility index (Phi) is 2.96. The van der Waals surface area contributed by atoms with Crippen LogP contribution in [0.15, 0.2) is 24.5 Å². The van der Waals surface area contributed by atoms with Gasteiger partial charge in [0.15, 0.2) is 11.3 Å². The molecule has 0 aliphatic heterocycles. The average Bonchev–Trinajstić information content (AvgIpc) is 3.01. The van der Waals surface area contributed by atoms with Gasteiger partial charge >= 0.3 is 6.18 Å². The topological polar surface area (TPSA) is 48.0 Å². The van der Waals surface area contributed by atoms with Crippen molar-refractivity contribution in [2.75, 3.05) is 0 Å².